The van der Waals surface area contributed by atoms with Crippen molar-refractivity contribution in [3.63, 3.8) is 0 Å². The average molecular weight is 526 g/mol. The number of nitrogens with zero attached hydrogens (tertiary/aromatic N) is 2. The van der Waals surface area contributed by atoms with Crippen LogP contribution in [0.3, 0.4) is 0 Å². The number of benzene rings is 1. The number of aryl methyl sites for hydroxylation is 1. The molecule has 1 aromatic carbocycles. The van der Waals surface area contributed by atoms with Crippen molar-refractivity contribution in [1.82, 2.24) is 15.5 Å². The standard InChI is InChI=1S/C22H30N4OS.HI/c1-4-23-22(24-13-17(3)18-7-5-6-16(2)12-18)25-14-21(27)26-10-8-20-19(15-26)9-11-28-20;/h5-7,9,11-12,17H,4,8,10,13-15H2,1-3H3,(H2,23,24,25);1H. The van der Waals surface area contributed by atoms with E-state index in [-0.39, 0.29) is 36.4 Å². The number of carbonyl (C=O) groups is 1. The van der Waals surface area contributed by atoms with Gasteiger partial charge in [-0.1, -0.05) is 36.8 Å². The molecule has 158 valence electrons. The molecule has 0 aliphatic carbocycles. The van der Waals surface area contributed by atoms with Crippen LogP contribution in [0.25, 0.3) is 0 Å². The number of carbonyl (C=O) groups excluding carboxylic acids is 1. The van der Waals surface area contributed by atoms with Crippen LogP contribution in [-0.4, -0.2) is 42.9 Å². The fourth-order valence-corrected chi connectivity index (χ4v) is 4.28. The Kier molecular flexibility index (Phi) is 9.42. The minimum Gasteiger partial charge on any atom is -0.357 e. The maximum absolute atomic E-state index is 12.6. The summed E-state index contributed by atoms with van der Waals surface area (Å²) < 4.78 is 0. The van der Waals surface area contributed by atoms with Gasteiger partial charge in [-0.3, -0.25) is 4.79 Å². The van der Waals surface area contributed by atoms with Gasteiger partial charge in [-0.15, -0.1) is 35.3 Å². The molecule has 0 radical (unpaired) electrons. The molecule has 29 heavy (non-hydrogen) atoms. The Bertz CT molecular complexity index is 836. The number of nitrogens with one attached hydrogen (secondary N) is 2. The number of guanidine groups is 1. The Morgan fingerprint density at radius 1 is 1.31 bits per heavy atom. The summed E-state index contributed by atoms with van der Waals surface area (Å²) in [4.78, 5) is 20.4. The number of hydrogen-bond donors (Lipinski definition) is 2. The highest BCUT2D eigenvalue weighted by Crippen LogP contribution is 2.24. The van der Waals surface area contributed by atoms with Crippen LogP contribution >= 0.6 is 35.3 Å². The predicted molar refractivity (Wildman–Crippen MR) is 132 cm³/mol. The maximum atomic E-state index is 12.6. The minimum atomic E-state index is 0. The molecule has 0 saturated carbocycles. The van der Waals surface area contributed by atoms with E-state index in [0.29, 0.717) is 18.4 Å². The van der Waals surface area contributed by atoms with Crippen molar-refractivity contribution in [3.05, 3.63) is 57.3 Å². The number of halogens is 1. The molecule has 0 bridgehead atoms. The largest absolute Gasteiger partial charge is 0.357 e. The zero-order valence-electron chi connectivity index (χ0n) is 17.4. The molecule has 1 unspecified atom stereocenters. The van der Waals surface area contributed by atoms with E-state index in [2.05, 4.69) is 65.2 Å². The Hall–Kier alpha value is -1.61. The lowest BCUT2D eigenvalue weighted by Gasteiger charge is -2.26. The second kappa shape index (κ2) is 11.5. The zero-order chi connectivity index (χ0) is 19.9. The number of amides is 1. The van der Waals surface area contributed by atoms with Gasteiger partial charge in [0.2, 0.25) is 5.91 Å². The van der Waals surface area contributed by atoms with Gasteiger partial charge in [-0.2, -0.15) is 0 Å². The van der Waals surface area contributed by atoms with E-state index in [1.807, 2.05) is 11.8 Å². The lowest BCUT2D eigenvalue weighted by Crippen LogP contribution is -2.41. The summed E-state index contributed by atoms with van der Waals surface area (Å²) in [6, 6.07) is 10.7. The first-order valence-electron chi connectivity index (χ1n) is 9.98. The normalized spacial score (nSPS) is 14.6. The lowest BCUT2D eigenvalue weighted by atomic mass is 9.99. The first-order valence-corrected chi connectivity index (χ1v) is 10.9. The number of rotatable bonds is 6. The van der Waals surface area contributed by atoms with Crippen LogP contribution in [0.4, 0.5) is 0 Å². The van der Waals surface area contributed by atoms with Crippen molar-refractivity contribution in [2.45, 2.75) is 39.7 Å². The molecule has 5 nitrogen and oxygen atoms in total. The van der Waals surface area contributed by atoms with E-state index < -0.39 is 0 Å². The van der Waals surface area contributed by atoms with Crippen LogP contribution in [0.2, 0.25) is 0 Å². The van der Waals surface area contributed by atoms with E-state index in [1.54, 1.807) is 11.3 Å². The van der Waals surface area contributed by atoms with Gasteiger partial charge in [-0.25, -0.2) is 4.99 Å². The maximum Gasteiger partial charge on any atom is 0.244 e. The van der Waals surface area contributed by atoms with Crippen LogP contribution in [-0.2, 0) is 17.8 Å². The summed E-state index contributed by atoms with van der Waals surface area (Å²) in [5.41, 5.74) is 3.86. The third-order valence-corrected chi connectivity index (χ3v) is 6.09. The first kappa shape index (κ1) is 23.7. The third-order valence-electron chi connectivity index (χ3n) is 5.06. The lowest BCUT2D eigenvalue weighted by molar-refractivity contribution is -0.130. The number of hydrogen-bond acceptors (Lipinski definition) is 3. The van der Waals surface area contributed by atoms with E-state index in [4.69, 9.17) is 0 Å². The number of fused-ring (bicyclic) bond motifs is 1. The van der Waals surface area contributed by atoms with Crippen molar-refractivity contribution < 1.29 is 4.79 Å². The first-order chi connectivity index (χ1) is 13.6. The van der Waals surface area contributed by atoms with Crippen molar-refractivity contribution in [3.8, 4) is 0 Å². The topological polar surface area (TPSA) is 56.7 Å². The monoisotopic (exact) mass is 526 g/mol. The van der Waals surface area contributed by atoms with Gasteiger partial charge in [-0.05, 0) is 48.8 Å². The zero-order valence-corrected chi connectivity index (χ0v) is 20.6. The van der Waals surface area contributed by atoms with Crippen molar-refractivity contribution >= 4 is 47.2 Å². The molecular weight excluding hydrogens is 495 g/mol. The molecule has 1 aromatic heterocycles. The molecule has 2 heterocycles. The molecule has 1 aliphatic heterocycles. The Labute approximate surface area is 195 Å². The second-order valence-electron chi connectivity index (χ2n) is 7.33. The third kappa shape index (κ3) is 6.70. The van der Waals surface area contributed by atoms with E-state index >= 15 is 0 Å². The predicted octanol–water partition coefficient (Wildman–Crippen LogP) is 3.92. The smallest absolute Gasteiger partial charge is 0.244 e. The van der Waals surface area contributed by atoms with E-state index in [9.17, 15) is 4.79 Å². The minimum absolute atomic E-state index is 0. The highest BCUT2D eigenvalue weighted by molar-refractivity contribution is 14.0. The van der Waals surface area contributed by atoms with Gasteiger partial charge >= 0.3 is 0 Å². The van der Waals surface area contributed by atoms with Crippen LogP contribution in [0.5, 0.6) is 0 Å². The Morgan fingerprint density at radius 3 is 2.90 bits per heavy atom. The van der Waals surface area contributed by atoms with E-state index in [1.165, 1.54) is 21.6 Å². The Balaban J connectivity index is 0.00000300. The van der Waals surface area contributed by atoms with Crippen molar-refractivity contribution in [2.24, 2.45) is 4.99 Å². The van der Waals surface area contributed by atoms with Gasteiger partial charge in [0.1, 0.15) is 6.54 Å². The molecule has 1 aliphatic rings. The van der Waals surface area contributed by atoms with Crippen LogP contribution in [0.15, 0.2) is 40.7 Å². The quantitative estimate of drug-likeness (QED) is 0.341. The SMILES string of the molecule is CCNC(=NCC(=O)N1CCc2sccc2C1)NCC(C)c1cccc(C)c1.I. The van der Waals surface area contributed by atoms with Crippen LogP contribution in [0, 0.1) is 6.92 Å². The van der Waals surface area contributed by atoms with Gasteiger partial charge < -0.3 is 15.5 Å². The fraction of sp³-hybridized carbons (Fsp3) is 0.455. The molecule has 3 rings (SSSR count). The molecular formula is C22H31IN4OS. The summed E-state index contributed by atoms with van der Waals surface area (Å²) in [5, 5.41) is 8.73. The highest BCUT2D eigenvalue weighted by Gasteiger charge is 2.21. The second-order valence-corrected chi connectivity index (χ2v) is 8.33. The van der Waals surface area contributed by atoms with E-state index in [0.717, 1.165) is 26.1 Å². The Morgan fingerprint density at radius 2 is 2.14 bits per heavy atom. The van der Waals surface area contributed by atoms with Gasteiger partial charge in [0.25, 0.3) is 0 Å². The summed E-state index contributed by atoms with van der Waals surface area (Å²) in [5.74, 6) is 1.14. The van der Waals surface area contributed by atoms with Crippen molar-refractivity contribution in [2.75, 3.05) is 26.2 Å². The van der Waals surface area contributed by atoms with Crippen LogP contribution < -0.4 is 10.6 Å². The summed E-state index contributed by atoms with van der Waals surface area (Å²) in [7, 11) is 0. The molecule has 7 heteroatoms. The molecule has 2 aromatic rings. The van der Waals surface area contributed by atoms with Crippen molar-refractivity contribution in [1.29, 1.82) is 0 Å². The van der Waals surface area contributed by atoms with Gasteiger partial charge in [0, 0.05) is 31.1 Å². The van der Waals surface area contributed by atoms with Gasteiger partial charge in [0.05, 0.1) is 0 Å². The number of aliphatic imine (C=N–C) groups is 1. The van der Waals surface area contributed by atoms with Crippen LogP contribution in [0.1, 0.15) is 41.3 Å². The summed E-state index contributed by atoms with van der Waals surface area (Å²) in [6.07, 6.45) is 0.953. The summed E-state index contributed by atoms with van der Waals surface area (Å²) in [6.45, 7) is 9.55. The molecule has 0 fully saturated rings. The molecule has 1 atom stereocenters. The molecule has 0 saturated heterocycles. The van der Waals surface area contributed by atoms with Gasteiger partial charge in [0.15, 0.2) is 5.96 Å². The fourth-order valence-electron chi connectivity index (χ4n) is 3.39. The summed E-state index contributed by atoms with van der Waals surface area (Å²) >= 11 is 1.79. The number of thiophene rings is 1. The highest BCUT2D eigenvalue weighted by atomic mass is 127. The molecule has 2 N–H and O–H groups in total. The average Bonchev–Trinajstić information content (AvgIpc) is 3.17. The molecule has 0 spiro atoms. The molecule has 1 amide bonds.